The Hall–Kier alpha value is -3.02. The van der Waals surface area contributed by atoms with Crippen LogP contribution in [0.25, 0.3) is 11.0 Å². The van der Waals surface area contributed by atoms with Gasteiger partial charge in [-0.3, -0.25) is 14.8 Å². The van der Waals surface area contributed by atoms with E-state index in [1.54, 1.807) is 6.20 Å². The van der Waals surface area contributed by atoms with Gasteiger partial charge in [0.25, 0.3) is 0 Å². The second kappa shape index (κ2) is 7.43. The minimum Gasteiger partial charge on any atom is -0.355 e. The molecular weight excluding hydrogens is 362 g/mol. The fourth-order valence-electron chi connectivity index (χ4n) is 4.68. The van der Waals surface area contributed by atoms with Gasteiger partial charge in [-0.1, -0.05) is 18.2 Å². The van der Waals surface area contributed by atoms with Crippen LogP contribution in [0, 0.1) is 5.41 Å². The molecule has 0 N–H and O–H groups in total. The van der Waals surface area contributed by atoms with E-state index in [0.29, 0.717) is 13.0 Å². The number of amides is 1. The highest BCUT2D eigenvalue weighted by atomic mass is 16.2. The third-order valence-corrected chi connectivity index (χ3v) is 6.43. The number of rotatable bonds is 3. The molecule has 6 nitrogen and oxygen atoms in total. The molecule has 0 radical (unpaired) electrons. The van der Waals surface area contributed by atoms with Gasteiger partial charge in [0.2, 0.25) is 5.91 Å². The summed E-state index contributed by atoms with van der Waals surface area (Å²) in [6.45, 7) is 3.43. The zero-order chi connectivity index (χ0) is 19.7. The number of hydrogen-bond donors (Lipinski definition) is 0. The molecular formula is C23H25N5O. The van der Waals surface area contributed by atoms with Gasteiger partial charge in [-0.2, -0.15) is 0 Å². The van der Waals surface area contributed by atoms with Gasteiger partial charge in [0, 0.05) is 45.0 Å². The zero-order valence-corrected chi connectivity index (χ0v) is 16.5. The maximum Gasteiger partial charge on any atom is 0.222 e. The maximum absolute atomic E-state index is 12.5. The summed E-state index contributed by atoms with van der Waals surface area (Å²) in [7, 11) is 0. The Morgan fingerprint density at radius 3 is 2.59 bits per heavy atom. The molecule has 29 heavy (non-hydrogen) atoms. The first-order chi connectivity index (χ1) is 14.2. The molecule has 2 aliphatic rings. The summed E-state index contributed by atoms with van der Waals surface area (Å²) < 4.78 is 0. The summed E-state index contributed by atoms with van der Waals surface area (Å²) in [6, 6.07) is 12.0. The van der Waals surface area contributed by atoms with E-state index in [0.717, 1.165) is 61.3 Å². The molecule has 0 bridgehead atoms. The molecule has 5 rings (SSSR count). The Balaban J connectivity index is 1.27. The Morgan fingerprint density at radius 2 is 1.79 bits per heavy atom. The maximum atomic E-state index is 12.5. The lowest BCUT2D eigenvalue weighted by Gasteiger charge is -2.47. The van der Waals surface area contributed by atoms with Crippen LogP contribution < -0.4 is 4.90 Å². The molecule has 1 aromatic carbocycles. The van der Waals surface area contributed by atoms with E-state index in [1.807, 2.05) is 53.7 Å². The highest BCUT2D eigenvalue weighted by Gasteiger charge is 2.41. The van der Waals surface area contributed by atoms with Crippen LogP contribution in [0.1, 0.15) is 31.2 Å². The number of piperidine rings is 2. The Bertz CT molecular complexity index is 1010. The highest BCUT2D eigenvalue weighted by molar-refractivity contribution is 5.77. The molecule has 2 aromatic heterocycles. The number of aromatic nitrogens is 3. The van der Waals surface area contributed by atoms with E-state index in [1.165, 1.54) is 0 Å². The lowest BCUT2D eigenvalue weighted by Crippen LogP contribution is -2.51. The molecule has 3 aromatic rings. The van der Waals surface area contributed by atoms with Crippen molar-refractivity contribution in [2.24, 2.45) is 5.41 Å². The lowest BCUT2D eigenvalue weighted by atomic mass is 9.72. The van der Waals surface area contributed by atoms with Crippen LogP contribution in [0.15, 0.2) is 55.0 Å². The zero-order valence-electron chi connectivity index (χ0n) is 16.5. The number of likely N-dealkylation sites (tertiary alicyclic amines) is 1. The molecule has 2 aliphatic heterocycles. The predicted octanol–water partition coefficient (Wildman–Crippen LogP) is 3.43. The van der Waals surface area contributed by atoms with Gasteiger partial charge in [-0.25, -0.2) is 4.98 Å². The molecule has 1 spiro atoms. The van der Waals surface area contributed by atoms with Crippen LogP contribution in [-0.2, 0) is 11.3 Å². The molecule has 2 fully saturated rings. The quantitative estimate of drug-likeness (QED) is 0.689. The van der Waals surface area contributed by atoms with Crippen LogP contribution in [0.5, 0.6) is 0 Å². The van der Waals surface area contributed by atoms with Crippen LogP contribution in [-0.4, -0.2) is 45.4 Å². The van der Waals surface area contributed by atoms with Crippen LogP contribution >= 0.6 is 0 Å². The fraction of sp³-hybridized carbons (Fsp3) is 0.391. The Kier molecular flexibility index (Phi) is 4.62. The minimum absolute atomic E-state index is 0.219. The third kappa shape index (κ3) is 3.67. The molecule has 0 atom stereocenters. The number of nitrogens with zero attached hydrogens (tertiary/aromatic N) is 5. The van der Waals surface area contributed by atoms with Crippen molar-refractivity contribution in [2.75, 3.05) is 24.5 Å². The molecule has 4 heterocycles. The average molecular weight is 387 g/mol. The van der Waals surface area contributed by atoms with E-state index < -0.39 is 0 Å². The number of benzene rings is 1. The SMILES string of the molecule is O=C1CCC2(CCN(c3cnc4ccccc4n3)CC2)CN1Cc1cccnc1. The lowest BCUT2D eigenvalue weighted by molar-refractivity contribution is -0.139. The van der Waals surface area contributed by atoms with E-state index in [2.05, 4.69) is 14.9 Å². The summed E-state index contributed by atoms with van der Waals surface area (Å²) in [6.07, 6.45) is 9.32. The van der Waals surface area contributed by atoms with Crippen LogP contribution in [0.3, 0.4) is 0 Å². The van der Waals surface area contributed by atoms with E-state index in [4.69, 9.17) is 4.98 Å². The van der Waals surface area contributed by atoms with Crippen LogP contribution in [0.2, 0.25) is 0 Å². The molecule has 1 amide bonds. The van der Waals surface area contributed by atoms with E-state index >= 15 is 0 Å². The second-order valence-corrected chi connectivity index (χ2v) is 8.32. The van der Waals surface area contributed by atoms with Crippen molar-refractivity contribution < 1.29 is 4.79 Å². The molecule has 148 valence electrons. The summed E-state index contributed by atoms with van der Waals surface area (Å²) in [5.74, 6) is 1.22. The standard InChI is InChI=1S/C23H25N5O/c29-22-7-8-23(17-28(22)16-18-4-3-11-24-14-18)9-12-27(13-10-23)21-15-25-19-5-1-2-6-20(19)26-21/h1-6,11,14-15H,7-10,12-13,16-17H2. The fourth-order valence-corrected chi connectivity index (χ4v) is 4.68. The summed E-state index contributed by atoms with van der Waals surface area (Å²) in [5.41, 5.74) is 3.19. The first-order valence-corrected chi connectivity index (χ1v) is 10.3. The first-order valence-electron chi connectivity index (χ1n) is 10.3. The van der Waals surface area contributed by atoms with E-state index in [-0.39, 0.29) is 11.3 Å². The summed E-state index contributed by atoms with van der Waals surface area (Å²) in [4.78, 5) is 30.4. The number of fused-ring (bicyclic) bond motifs is 1. The molecule has 0 unspecified atom stereocenters. The Labute approximate surface area is 170 Å². The van der Waals surface area contributed by atoms with Crippen molar-refractivity contribution in [1.82, 2.24) is 19.9 Å². The average Bonchev–Trinajstić information content (AvgIpc) is 2.77. The number of hydrogen-bond acceptors (Lipinski definition) is 5. The normalized spacial score (nSPS) is 19.1. The summed E-state index contributed by atoms with van der Waals surface area (Å²) >= 11 is 0. The van der Waals surface area contributed by atoms with Gasteiger partial charge in [0.05, 0.1) is 17.2 Å². The molecule has 6 heteroatoms. The first kappa shape index (κ1) is 18.0. The number of anilines is 1. The molecule has 0 aliphatic carbocycles. The van der Waals surface area contributed by atoms with Crippen molar-refractivity contribution in [3.8, 4) is 0 Å². The second-order valence-electron chi connectivity index (χ2n) is 8.32. The van der Waals surface area contributed by atoms with E-state index in [9.17, 15) is 4.79 Å². The number of carbonyl (C=O) groups is 1. The van der Waals surface area contributed by atoms with Gasteiger partial charge in [-0.15, -0.1) is 0 Å². The summed E-state index contributed by atoms with van der Waals surface area (Å²) in [5, 5.41) is 0. The van der Waals surface area contributed by atoms with Gasteiger partial charge in [0.15, 0.2) is 0 Å². The topological polar surface area (TPSA) is 62.2 Å². The van der Waals surface area contributed by atoms with Gasteiger partial charge in [0.1, 0.15) is 5.82 Å². The van der Waals surface area contributed by atoms with Gasteiger partial charge >= 0.3 is 0 Å². The smallest absolute Gasteiger partial charge is 0.222 e. The molecule has 0 saturated carbocycles. The minimum atomic E-state index is 0.219. The van der Waals surface area contributed by atoms with Gasteiger partial charge < -0.3 is 9.80 Å². The third-order valence-electron chi connectivity index (χ3n) is 6.43. The molecule has 2 saturated heterocycles. The van der Waals surface area contributed by atoms with Crippen molar-refractivity contribution >= 4 is 22.8 Å². The van der Waals surface area contributed by atoms with Crippen molar-refractivity contribution in [3.05, 3.63) is 60.6 Å². The van der Waals surface area contributed by atoms with Crippen LogP contribution in [0.4, 0.5) is 5.82 Å². The number of pyridine rings is 1. The van der Waals surface area contributed by atoms with Gasteiger partial charge in [-0.05, 0) is 48.4 Å². The predicted molar refractivity (Wildman–Crippen MR) is 112 cm³/mol. The monoisotopic (exact) mass is 387 g/mol. The largest absolute Gasteiger partial charge is 0.355 e. The number of para-hydroxylation sites is 2. The highest BCUT2D eigenvalue weighted by Crippen LogP contribution is 2.41. The van der Waals surface area contributed by atoms with Crippen molar-refractivity contribution in [2.45, 2.75) is 32.2 Å². The Morgan fingerprint density at radius 1 is 0.966 bits per heavy atom. The van der Waals surface area contributed by atoms with Crippen molar-refractivity contribution in [3.63, 3.8) is 0 Å². The number of carbonyl (C=O) groups excluding carboxylic acids is 1. The van der Waals surface area contributed by atoms with Crippen molar-refractivity contribution in [1.29, 1.82) is 0 Å².